The van der Waals surface area contributed by atoms with Crippen LogP contribution in [0.4, 0.5) is 27.6 Å². The Bertz CT molecular complexity index is 1980. The number of ether oxygens (including phenoxy) is 2. The van der Waals surface area contributed by atoms with E-state index in [-0.39, 0.29) is 35.0 Å². The minimum atomic E-state index is -4.99. The minimum absolute atomic E-state index is 0.0901. The number of hydrogen-bond donors (Lipinski definition) is 0. The van der Waals surface area contributed by atoms with E-state index in [1.165, 1.54) is 83.1 Å². The van der Waals surface area contributed by atoms with Gasteiger partial charge in [-0.1, -0.05) is 97.3 Å². The Hall–Kier alpha value is -3.27. The summed E-state index contributed by atoms with van der Waals surface area (Å²) in [5, 5.41) is 0.105. The van der Waals surface area contributed by atoms with Gasteiger partial charge in [0.05, 0.1) is 17.8 Å². The van der Waals surface area contributed by atoms with Crippen LogP contribution in [0.1, 0.15) is 129 Å². The molecule has 0 amide bonds. The molecule has 3 aliphatic rings. The van der Waals surface area contributed by atoms with Crippen LogP contribution in [0.15, 0.2) is 46.3 Å². The molecular weight excluding hydrogens is 838 g/mol. The van der Waals surface area contributed by atoms with Crippen LogP contribution in [0.3, 0.4) is 0 Å². The van der Waals surface area contributed by atoms with E-state index < -0.39 is 43.4 Å². The number of piperazine rings is 1. The van der Waals surface area contributed by atoms with Crippen LogP contribution < -0.4 is 14.4 Å². The van der Waals surface area contributed by atoms with Gasteiger partial charge in [-0.15, -0.1) is 13.2 Å². The third kappa shape index (κ3) is 13.6. The number of nitrogens with zero attached hydrogens (tertiary/aromatic N) is 5. The molecule has 0 atom stereocenters. The zero-order valence-electron chi connectivity index (χ0n) is 37.6. The number of sulfone groups is 1. The van der Waals surface area contributed by atoms with Gasteiger partial charge in [0.25, 0.3) is 0 Å². The number of unbranched alkanes of at least 4 members (excludes halogenated alkanes) is 13. The Balaban J connectivity index is 1.08. The van der Waals surface area contributed by atoms with E-state index in [2.05, 4.69) is 38.3 Å². The summed E-state index contributed by atoms with van der Waals surface area (Å²) in [5.41, 5.74) is 0.327. The fraction of sp³-hybridized carbons (Fsp3) is 0.688. The standard InChI is InChI=1S/C48H70F5N5O4S/c1-3-5-6-7-8-9-10-11-12-13-14-15-16-17-34-61-42-20-21-43(46(50)45(42)49)63(59,60)44-36-54-41-19-18-39(62-48(51,52)53)35-40(41)47(44)58-28-24-38(25-29-58)57-32-30-56(31-33-57)37-22-26-55(4-2)27-23-37/h18-21,35-38H,3-17,22-34H2,1-2H3. The largest absolute Gasteiger partial charge is 0.573 e. The predicted octanol–water partition coefficient (Wildman–Crippen LogP) is 11.2. The number of alkyl halides is 3. The minimum Gasteiger partial charge on any atom is -0.490 e. The molecule has 15 heteroatoms. The van der Waals surface area contributed by atoms with Gasteiger partial charge in [-0.25, -0.2) is 12.8 Å². The monoisotopic (exact) mass is 908 g/mol. The molecule has 4 heterocycles. The van der Waals surface area contributed by atoms with Crippen molar-refractivity contribution in [2.24, 2.45) is 0 Å². The van der Waals surface area contributed by atoms with Crippen molar-refractivity contribution in [3.63, 3.8) is 0 Å². The van der Waals surface area contributed by atoms with Gasteiger partial charge in [0, 0.05) is 62.9 Å². The molecule has 0 unspecified atom stereocenters. The van der Waals surface area contributed by atoms with Gasteiger partial charge >= 0.3 is 6.36 Å². The number of fused-ring (bicyclic) bond motifs is 1. The molecule has 0 spiro atoms. The van der Waals surface area contributed by atoms with Crippen LogP contribution in [0, 0.1) is 11.6 Å². The Morgan fingerprint density at radius 2 is 1.21 bits per heavy atom. The highest BCUT2D eigenvalue weighted by atomic mass is 32.2. The summed E-state index contributed by atoms with van der Waals surface area (Å²) in [5.74, 6) is -3.91. The summed E-state index contributed by atoms with van der Waals surface area (Å²) in [6.45, 7) is 12.6. The zero-order chi connectivity index (χ0) is 44.8. The second kappa shape index (κ2) is 23.8. The van der Waals surface area contributed by atoms with Crippen molar-refractivity contribution >= 4 is 26.4 Å². The summed E-state index contributed by atoms with van der Waals surface area (Å²) in [4.78, 5) is 12.4. The molecule has 9 nitrogen and oxygen atoms in total. The maximum Gasteiger partial charge on any atom is 0.573 e. The lowest BCUT2D eigenvalue weighted by Gasteiger charge is -2.46. The van der Waals surface area contributed by atoms with Crippen molar-refractivity contribution in [3.05, 3.63) is 48.2 Å². The summed E-state index contributed by atoms with van der Waals surface area (Å²) >= 11 is 0. The molecule has 2 aromatic carbocycles. The molecule has 3 aliphatic heterocycles. The molecule has 1 aromatic heterocycles. The molecule has 0 saturated carbocycles. The second-order valence-electron chi connectivity index (χ2n) is 17.8. The Labute approximate surface area is 372 Å². The second-order valence-corrected chi connectivity index (χ2v) is 19.7. The molecule has 0 radical (unpaired) electrons. The summed E-state index contributed by atoms with van der Waals surface area (Å²) in [6.07, 6.45) is 16.4. The molecule has 3 aromatic rings. The van der Waals surface area contributed by atoms with Gasteiger partial charge in [0.15, 0.2) is 11.6 Å². The van der Waals surface area contributed by atoms with Gasteiger partial charge in [-0.2, -0.15) is 4.39 Å². The highest BCUT2D eigenvalue weighted by molar-refractivity contribution is 7.91. The maximum absolute atomic E-state index is 15.9. The SMILES string of the molecule is CCCCCCCCCCCCCCCCOc1ccc(S(=O)(=O)c2cnc3ccc(OC(F)(F)F)cc3c2N2CCC(N3CCN(C4CCN(CC)CC4)CC3)CC2)c(F)c1F. The first-order valence-electron chi connectivity index (χ1n) is 23.9. The van der Waals surface area contributed by atoms with Crippen molar-refractivity contribution < 1.29 is 39.8 Å². The van der Waals surface area contributed by atoms with E-state index in [9.17, 15) is 21.6 Å². The molecule has 63 heavy (non-hydrogen) atoms. The number of hydrogen-bond acceptors (Lipinski definition) is 9. The fourth-order valence-corrected chi connectivity index (χ4v) is 11.3. The molecule has 3 fully saturated rings. The van der Waals surface area contributed by atoms with E-state index in [0.29, 0.717) is 38.4 Å². The van der Waals surface area contributed by atoms with E-state index in [0.717, 1.165) is 95.5 Å². The van der Waals surface area contributed by atoms with Crippen molar-refractivity contribution in [1.82, 2.24) is 19.7 Å². The number of piperidine rings is 2. The Morgan fingerprint density at radius 1 is 0.667 bits per heavy atom. The van der Waals surface area contributed by atoms with Crippen LogP contribution in [-0.4, -0.2) is 112 Å². The summed E-state index contributed by atoms with van der Waals surface area (Å²) < 4.78 is 110. The fourth-order valence-electron chi connectivity index (χ4n) is 9.81. The highest BCUT2D eigenvalue weighted by Crippen LogP contribution is 2.41. The number of likely N-dealkylation sites (tertiary alicyclic amines) is 1. The summed E-state index contributed by atoms with van der Waals surface area (Å²) in [6, 6.07) is 6.52. The van der Waals surface area contributed by atoms with Gasteiger partial charge in [-0.05, 0) is 82.1 Å². The lowest BCUT2D eigenvalue weighted by molar-refractivity contribution is -0.274. The van der Waals surface area contributed by atoms with Crippen molar-refractivity contribution in [2.75, 3.05) is 70.4 Å². The van der Waals surface area contributed by atoms with Gasteiger partial charge in [-0.3, -0.25) is 14.8 Å². The van der Waals surface area contributed by atoms with E-state index in [1.54, 1.807) is 0 Å². The molecule has 6 rings (SSSR count). The Morgan fingerprint density at radius 3 is 1.75 bits per heavy atom. The van der Waals surface area contributed by atoms with Crippen LogP contribution in [0.5, 0.6) is 11.5 Å². The number of aromatic nitrogens is 1. The van der Waals surface area contributed by atoms with Crippen LogP contribution >= 0.6 is 0 Å². The van der Waals surface area contributed by atoms with Gasteiger partial charge in [0.2, 0.25) is 15.7 Å². The quantitative estimate of drug-likeness (QED) is 0.0683. The average molecular weight is 908 g/mol. The first-order valence-corrected chi connectivity index (χ1v) is 25.4. The lowest BCUT2D eigenvalue weighted by Crippen LogP contribution is -2.56. The molecule has 0 N–H and O–H groups in total. The van der Waals surface area contributed by atoms with E-state index in [4.69, 9.17) is 4.74 Å². The lowest BCUT2D eigenvalue weighted by atomic mass is 9.99. The smallest absolute Gasteiger partial charge is 0.490 e. The van der Waals surface area contributed by atoms with Crippen molar-refractivity contribution in [3.8, 4) is 11.5 Å². The predicted molar refractivity (Wildman–Crippen MR) is 240 cm³/mol. The number of benzene rings is 2. The molecule has 0 bridgehead atoms. The topological polar surface area (TPSA) is 78.4 Å². The number of rotatable bonds is 23. The highest BCUT2D eigenvalue weighted by Gasteiger charge is 2.36. The molecule has 0 aliphatic carbocycles. The van der Waals surface area contributed by atoms with Gasteiger partial charge < -0.3 is 19.3 Å². The van der Waals surface area contributed by atoms with E-state index >= 15 is 8.78 Å². The Kier molecular flexibility index (Phi) is 18.6. The zero-order valence-corrected chi connectivity index (χ0v) is 38.4. The first kappa shape index (κ1) is 49.2. The van der Waals surface area contributed by atoms with Crippen molar-refractivity contribution in [1.29, 1.82) is 0 Å². The molecular formula is C48H70F5N5O4S. The number of halogens is 5. The number of pyridine rings is 1. The summed E-state index contributed by atoms with van der Waals surface area (Å²) in [7, 11) is -4.79. The van der Waals surface area contributed by atoms with Crippen LogP contribution in [0.2, 0.25) is 0 Å². The van der Waals surface area contributed by atoms with Gasteiger partial charge in [0.1, 0.15) is 15.5 Å². The normalized spacial score (nSPS) is 18.1. The van der Waals surface area contributed by atoms with Crippen molar-refractivity contribution in [2.45, 2.75) is 158 Å². The first-order chi connectivity index (χ1) is 30.4. The maximum atomic E-state index is 15.9. The molecule has 3 saturated heterocycles. The third-order valence-corrected chi connectivity index (χ3v) is 15.3. The van der Waals surface area contributed by atoms with Crippen LogP contribution in [0.25, 0.3) is 10.9 Å². The number of anilines is 1. The third-order valence-electron chi connectivity index (χ3n) is 13.5. The average Bonchev–Trinajstić information content (AvgIpc) is 3.28. The van der Waals surface area contributed by atoms with E-state index in [1.807, 2.05) is 4.90 Å². The van der Waals surface area contributed by atoms with Crippen LogP contribution in [-0.2, 0) is 9.84 Å². The molecule has 352 valence electrons.